The molecule has 8 nitrogen and oxygen atoms in total. The first-order chi connectivity index (χ1) is 16.3. The summed E-state index contributed by atoms with van der Waals surface area (Å²) in [5.41, 5.74) is 1.02. The Hall–Kier alpha value is -2.49. The van der Waals surface area contributed by atoms with Crippen molar-refractivity contribution in [3.63, 3.8) is 0 Å². The molecule has 1 aromatic carbocycles. The molecule has 0 saturated carbocycles. The number of anilines is 1. The molecule has 9 heteroatoms. The number of nitrogens with zero attached hydrogens (tertiary/aromatic N) is 3. The summed E-state index contributed by atoms with van der Waals surface area (Å²) in [5.74, 6) is 0.455. The van der Waals surface area contributed by atoms with Crippen LogP contribution in [0.4, 0.5) is 5.69 Å². The number of ether oxygens (including phenoxy) is 2. The molecule has 0 spiro atoms. The van der Waals surface area contributed by atoms with E-state index in [1.807, 2.05) is 18.5 Å². The van der Waals surface area contributed by atoms with E-state index in [1.165, 1.54) is 0 Å². The van der Waals surface area contributed by atoms with E-state index in [4.69, 9.17) is 9.47 Å². The Bertz CT molecular complexity index is 952. The van der Waals surface area contributed by atoms with Crippen LogP contribution in [0.5, 0.6) is 5.75 Å². The molecule has 34 heavy (non-hydrogen) atoms. The molecule has 0 fully saturated rings. The smallest absolute Gasteiger partial charge is 0.257 e. The van der Waals surface area contributed by atoms with Crippen LogP contribution in [0.15, 0.2) is 29.8 Å². The first-order valence-electron chi connectivity index (χ1n) is 11.8. The standard InChI is InChI=1S/C25H36N4O4S/c1-6-7-23(30)27-19-8-9-21-20(12-19)25(31)28(4)14-22(32-5)17(2)13-29(18(3)16-33-21)15-24-26-10-11-34-24/h8-12,17-18,22H,6-7,13-16H2,1-5H3,(H,27,30)/t17-,18-,22-/m1/s1. The Kier molecular flexibility index (Phi) is 9.44. The number of methoxy groups -OCH3 is 1. The third kappa shape index (κ3) is 6.77. The van der Waals surface area contributed by atoms with Gasteiger partial charge in [-0.3, -0.25) is 14.5 Å². The molecular formula is C25H36N4O4S. The van der Waals surface area contributed by atoms with Crippen LogP contribution >= 0.6 is 11.3 Å². The third-order valence-corrected chi connectivity index (χ3v) is 6.92. The van der Waals surface area contributed by atoms with Crippen molar-refractivity contribution >= 4 is 28.8 Å². The van der Waals surface area contributed by atoms with Crippen LogP contribution in [-0.4, -0.2) is 72.6 Å². The number of benzene rings is 1. The largest absolute Gasteiger partial charge is 0.491 e. The Morgan fingerprint density at radius 1 is 1.32 bits per heavy atom. The lowest BCUT2D eigenvalue weighted by Crippen LogP contribution is -2.46. The molecule has 0 unspecified atom stereocenters. The molecule has 186 valence electrons. The second-order valence-electron chi connectivity index (χ2n) is 8.96. The van der Waals surface area contributed by atoms with E-state index < -0.39 is 0 Å². The van der Waals surface area contributed by atoms with E-state index in [1.54, 1.807) is 48.6 Å². The number of likely N-dealkylation sites (N-methyl/N-ethyl adjacent to an activating group) is 1. The molecule has 0 saturated heterocycles. The molecule has 1 N–H and O–H groups in total. The lowest BCUT2D eigenvalue weighted by atomic mass is 10.0. The second-order valence-corrected chi connectivity index (χ2v) is 9.94. The fourth-order valence-corrected chi connectivity index (χ4v) is 4.75. The number of fused-ring (bicyclic) bond motifs is 1. The average molecular weight is 489 g/mol. The van der Waals surface area contributed by atoms with Gasteiger partial charge in [0.2, 0.25) is 5.91 Å². The summed E-state index contributed by atoms with van der Waals surface area (Å²) in [4.78, 5) is 34.0. The summed E-state index contributed by atoms with van der Waals surface area (Å²) in [6, 6.07) is 5.34. The first kappa shape index (κ1) is 26.1. The minimum atomic E-state index is -0.163. The third-order valence-electron chi connectivity index (χ3n) is 6.16. The lowest BCUT2D eigenvalue weighted by molar-refractivity contribution is -0.116. The lowest BCUT2D eigenvalue weighted by Gasteiger charge is -2.35. The van der Waals surface area contributed by atoms with Crippen molar-refractivity contribution in [3.8, 4) is 5.75 Å². The molecule has 0 bridgehead atoms. The fourth-order valence-electron chi connectivity index (χ4n) is 4.10. The molecule has 2 aromatic rings. The summed E-state index contributed by atoms with van der Waals surface area (Å²) in [6.07, 6.45) is 2.89. The van der Waals surface area contributed by atoms with E-state index in [-0.39, 0.29) is 29.9 Å². The average Bonchev–Trinajstić information content (AvgIpc) is 3.33. The van der Waals surface area contributed by atoms with E-state index in [0.717, 1.165) is 24.5 Å². The van der Waals surface area contributed by atoms with Crippen molar-refractivity contribution in [2.45, 2.75) is 52.3 Å². The number of carbonyl (C=O) groups is 2. The van der Waals surface area contributed by atoms with Gasteiger partial charge < -0.3 is 19.7 Å². The zero-order chi connectivity index (χ0) is 24.7. The minimum absolute atomic E-state index is 0.0722. The number of amides is 2. The zero-order valence-corrected chi connectivity index (χ0v) is 21.6. The van der Waals surface area contributed by atoms with Gasteiger partial charge in [0.05, 0.1) is 18.2 Å². The number of thiazole rings is 1. The van der Waals surface area contributed by atoms with E-state index in [9.17, 15) is 9.59 Å². The van der Waals surface area contributed by atoms with Crippen molar-refractivity contribution in [2.75, 3.05) is 39.2 Å². The van der Waals surface area contributed by atoms with E-state index in [2.05, 4.69) is 29.0 Å². The summed E-state index contributed by atoms with van der Waals surface area (Å²) in [5, 5.41) is 5.92. The molecule has 3 rings (SSSR count). The van der Waals surface area contributed by atoms with Gasteiger partial charge in [-0.05, 0) is 37.5 Å². The van der Waals surface area contributed by atoms with Crippen LogP contribution in [-0.2, 0) is 16.1 Å². The molecule has 1 aromatic heterocycles. The van der Waals surface area contributed by atoms with Gasteiger partial charge in [-0.1, -0.05) is 13.8 Å². The molecule has 3 atom stereocenters. The van der Waals surface area contributed by atoms with Gasteiger partial charge in [0.15, 0.2) is 0 Å². The van der Waals surface area contributed by atoms with Gasteiger partial charge in [0, 0.05) is 57.0 Å². The summed E-state index contributed by atoms with van der Waals surface area (Å²) in [7, 11) is 3.47. The topological polar surface area (TPSA) is 84.0 Å². The molecule has 0 radical (unpaired) electrons. The molecule has 2 heterocycles. The van der Waals surface area contributed by atoms with Gasteiger partial charge in [-0.25, -0.2) is 4.98 Å². The summed E-state index contributed by atoms with van der Waals surface area (Å²) in [6.45, 7) is 8.61. The normalized spacial score (nSPS) is 22.3. The Morgan fingerprint density at radius 3 is 2.79 bits per heavy atom. The number of nitrogens with one attached hydrogen (secondary N) is 1. The van der Waals surface area contributed by atoms with Crippen LogP contribution in [0.25, 0.3) is 0 Å². The quantitative estimate of drug-likeness (QED) is 0.664. The molecular weight excluding hydrogens is 452 g/mol. The SMILES string of the molecule is CCCC(=O)Nc1ccc2c(c1)C(=O)N(C)C[C@@H](OC)[C@H](C)CN(Cc1nccs1)[C@H](C)CO2. The Balaban J connectivity index is 1.91. The predicted octanol–water partition coefficient (Wildman–Crippen LogP) is 3.89. The van der Waals surface area contributed by atoms with Crippen molar-refractivity contribution in [1.82, 2.24) is 14.8 Å². The monoisotopic (exact) mass is 488 g/mol. The van der Waals surface area contributed by atoms with E-state index in [0.29, 0.717) is 36.6 Å². The minimum Gasteiger partial charge on any atom is -0.491 e. The van der Waals surface area contributed by atoms with E-state index >= 15 is 0 Å². The van der Waals surface area contributed by atoms with Gasteiger partial charge >= 0.3 is 0 Å². The number of rotatable bonds is 6. The number of hydrogen-bond donors (Lipinski definition) is 1. The van der Waals surface area contributed by atoms with Crippen LogP contribution in [0.2, 0.25) is 0 Å². The van der Waals surface area contributed by atoms with Crippen molar-refractivity contribution < 1.29 is 19.1 Å². The summed E-state index contributed by atoms with van der Waals surface area (Å²) >= 11 is 1.64. The predicted molar refractivity (Wildman–Crippen MR) is 134 cm³/mol. The highest BCUT2D eigenvalue weighted by atomic mass is 32.1. The molecule has 1 aliphatic heterocycles. The molecule has 0 aliphatic carbocycles. The maximum atomic E-state index is 13.4. The molecule has 2 amide bonds. The second kappa shape index (κ2) is 12.3. The van der Waals surface area contributed by atoms with Crippen LogP contribution < -0.4 is 10.1 Å². The van der Waals surface area contributed by atoms with Gasteiger partial charge in [-0.2, -0.15) is 0 Å². The number of hydrogen-bond acceptors (Lipinski definition) is 7. The van der Waals surface area contributed by atoms with Crippen molar-refractivity contribution in [2.24, 2.45) is 5.92 Å². The number of carbonyl (C=O) groups excluding carboxylic acids is 2. The van der Waals surface area contributed by atoms with Gasteiger partial charge in [0.1, 0.15) is 17.4 Å². The van der Waals surface area contributed by atoms with Crippen molar-refractivity contribution in [3.05, 3.63) is 40.3 Å². The zero-order valence-electron chi connectivity index (χ0n) is 20.7. The van der Waals surface area contributed by atoms with Crippen LogP contribution in [0.1, 0.15) is 49.0 Å². The maximum absolute atomic E-state index is 13.4. The Labute approximate surface area is 206 Å². The highest BCUT2D eigenvalue weighted by molar-refractivity contribution is 7.09. The fraction of sp³-hybridized carbons (Fsp3) is 0.560. The van der Waals surface area contributed by atoms with Gasteiger partial charge in [0.25, 0.3) is 5.91 Å². The molecule has 1 aliphatic rings. The maximum Gasteiger partial charge on any atom is 0.257 e. The van der Waals surface area contributed by atoms with Gasteiger partial charge in [-0.15, -0.1) is 11.3 Å². The Morgan fingerprint density at radius 2 is 2.12 bits per heavy atom. The van der Waals surface area contributed by atoms with Crippen LogP contribution in [0.3, 0.4) is 0 Å². The summed E-state index contributed by atoms with van der Waals surface area (Å²) < 4.78 is 12.0. The highest BCUT2D eigenvalue weighted by Gasteiger charge is 2.28. The first-order valence-corrected chi connectivity index (χ1v) is 12.7. The number of aromatic nitrogens is 1. The highest BCUT2D eigenvalue weighted by Crippen LogP contribution is 2.27. The van der Waals surface area contributed by atoms with Crippen molar-refractivity contribution in [1.29, 1.82) is 0 Å². The van der Waals surface area contributed by atoms with Crippen LogP contribution in [0, 0.1) is 5.92 Å².